The molecule has 0 saturated carbocycles. The lowest BCUT2D eigenvalue weighted by Gasteiger charge is -2.14. The summed E-state index contributed by atoms with van der Waals surface area (Å²) in [6, 6.07) is 79.6. The molecule has 0 N–H and O–H groups in total. The Balaban J connectivity index is 1.04. The molecule has 60 heavy (non-hydrogen) atoms. The number of fused-ring (bicyclic) bond motifs is 3. The SMILES string of the molecule is c1ccc(-c2ccc(-c3cccc4ccc(-c5nc(-c6cccc(-c7ccc(-c8ccccc8)c8ccccc78)c6)nc(-c6ccc7ccccc7c6)n5)cc34)cc2)cc1. The number of nitrogens with zero attached hydrogens (tertiary/aromatic N) is 3. The molecule has 0 amide bonds. The lowest BCUT2D eigenvalue weighted by atomic mass is 9.91. The van der Waals surface area contributed by atoms with Crippen LogP contribution in [-0.4, -0.2) is 15.0 Å². The molecule has 0 atom stereocenters. The van der Waals surface area contributed by atoms with Gasteiger partial charge in [-0.3, -0.25) is 0 Å². The lowest BCUT2D eigenvalue weighted by molar-refractivity contribution is 1.08. The summed E-state index contributed by atoms with van der Waals surface area (Å²) in [7, 11) is 0. The van der Waals surface area contributed by atoms with Crippen molar-refractivity contribution in [3.05, 3.63) is 224 Å². The number of hydrogen-bond donors (Lipinski definition) is 0. The predicted molar refractivity (Wildman–Crippen MR) is 250 cm³/mol. The van der Waals surface area contributed by atoms with Crippen LogP contribution in [0.2, 0.25) is 0 Å². The maximum absolute atomic E-state index is 5.24. The Morgan fingerprint density at radius 1 is 0.200 bits per heavy atom. The summed E-state index contributed by atoms with van der Waals surface area (Å²) in [5.74, 6) is 1.89. The first-order valence-electron chi connectivity index (χ1n) is 20.3. The van der Waals surface area contributed by atoms with Gasteiger partial charge in [-0.2, -0.15) is 0 Å². The summed E-state index contributed by atoms with van der Waals surface area (Å²) in [5.41, 5.74) is 12.2. The Labute approximate surface area is 349 Å². The van der Waals surface area contributed by atoms with Crippen LogP contribution in [0.3, 0.4) is 0 Å². The normalized spacial score (nSPS) is 11.3. The first-order valence-corrected chi connectivity index (χ1v) is 20.3. The van der Waals surface area contributed by atoms with E-state index in [-0.39, 0.29) is 0 Å². The van der Waals surface area contributed by atoms with Gasteiger partial charge in [0.1, 0.15) is 0 Å². The van der Waals surface area contributed by atoms with E-state index in [2.05, 4.69) is 224 Å². The molecule has 0 unspecified atom stereocenters. The summed E-state index contributed by atoms with van der Waals surface area (Å²) in [5, 5.41) is 7.03. The molecular formula is C57H37N3. The fourth-order valence-electron chi connectivity index (χ4n) is 8.47. The molecule has 11 rings (SSSR count). The van der Waals surface area contributed by atoms with Gasteiger partial charge < -0.3 is 0 Å². The zero-order chi connectivity index (χ0) is 39.8. The molecule has 3 heteroatoms. The van der Waals surface area contributed by atoms with Crippen molar-refractivity contribution in [2.24, 2.45) is 0 Å². The molecule has 3 nitrogen and oxygen atoms in total. The van der Waals surface area contributed by atoms with E-state index < -0.39 is 0 Å². The van der Waals surface area contributed by atoms with Gasteiger partial charge >= 0.3 is 0 Å². The molecule has 0 aliphatic heterocycles. The van der Waals surface area contributed by atoms with Gasteiger partial charge in [0.2, 0.25) is 0 Å². The van der Waals surface area contributed by atoms with E-state index >= 15 is 0 Å². The third kappa shape index (κ3) is 6.58. The van der Waals surface area contributed by atoms with Crippen molar-refractivity contribution in [3.8, 4) is 78.7 Å². The van der Waals surface area contributed by atoms with Crippen LogP contribution in [0.1, 0.15) is 0 Å². The molecule has 280 valence electrons. The van der Waals surface area contributed by atoms with Gasteiger partial charge in [-0.05, 0) is 95.0 Å². The van der Waals surface area contributed by atoms with Gasteiger partial charge in [-0.1, -0.05) is 206 Å². The molecule has 11 aromatic rings. The quantitative estimate of drug-likeness (QED) is 0.162. The second kappa shape index (κ2) is 15.1. The fraction of sp³-hybridized carbons (Fsp3) is 0. The minimum absolute atomic E-state index is 0.625. The van der Waals surface area contributed by atoms with Crippen molar-refractivity contribution in [2.45, 2.75) is 0 Å². The summed E-state index contributed by atoms with van der Waals surface area (Å²) in [6.07, 6.45) is 0. The van der Waals surface area contributed by atoms with Crippen molar-refractivity contribution in [3.63, 3.8) is 0 Å². The molecule has 0 saturated heterocycles. The third-order valence-electron chi connectivity index (χ3n) is 11.5. The largest absolute Gasteiger partial charge is 0.208 e. The van der Waals surface area contributed by atoms with E-state index in [4.69, 9.17) is 15.0 Å². The molecule has 0 radical (unpaired) electrons. The highest BCUT2D eigenvalue weighted by Crippen LogP contribution is 2.38. The topological polar surface area (TPSA) is 38.7 Å². The van der Waals surface area contributed by atoms with Crippen molar-refractivity contribution < 1.29 is 0 Å². The molecule has 10 aromatic carbocycles. The Morgan fingerprint density at radius 2 is 0.617 bits per heavy atom. The van der Waals surface area contributed by atoms with Crippen LogP contribution in [0.4, 0.5) is 0 Å². The van der Waals surface area contributed by atoms with Crippen molar-refractivity contribution >= 4 is 32.3 Å². The van der Waals surface area contributed by atoms with E-state index in [0.29, 0.717) is 17.5 Å². The highest BCUT2D eigenvalue weighted by molar-refractivity contribution is 6.05. The van der Waals surface area contributed by atoms with Crippen LogP contribution in [0.5, 0.6) is 0 Å². The highest BCUT2D eigenvalue weighted by Gasteiger charge is 2.16. The van der Waals surface area contributed by atoms with Crippen LogP contribution >= 0.6 is 0 Å². The molecule has 0 spiro atoms. The van der Waals surface area contributed by atoms with Crippen molar-refractivity contribution in [2.75, 3.05) is 0 Å². The van der Waals surface area contributed by atoms with Gasteiger partial charge in [0.05, 0.1) is 0 Å². The van der Waals surface area contributed by atoms with Gasteiger partial charge in [0.15, 0.2) is 17.5 Å². The Hall–Kier alpha value is -8.01. The fourth-order valence-corrected chi connectivity index (χ4v) is 8.47. The molecule has 0 aliphatic rings. The zero-order valence-electron chi connectivity index (χ0n) is 32.7. The summed E-state index contributed by atoms with van der Waals surface area (Å²) < 4.78 is 0. The molecule has 1 aromatic heterocycles. The molecule has 0 bridgehead atoms. The Bertz CT molecular complexity index is 3360. The number of rotatable bonds is 7. The van der Waals surface area contributed by atoms with E-state index in [1.807, 2.05) is 0 Å². The molecule has 1 heterocycles. The van der Waals surface area contributed by atoms with E-state index in [1.165, 1.54) is 38.4 Å². The number of aromatic nitrogens is 3. The summed E-state index contributed by atoms with van der Waals surface area (Å²) >= 11 is 0. The summed E-state index contributed by atoms with van der Waals surface area (Å²) in [4.78, 5) is 15.6. The second-order valence-electron chi connectivity index (χ2n) is 15.2. The summed E-state index contributed by atoms with van der Waals surface area (Å²) in [6.45, 7) is 0. The minimum Gasteiger partial charge on any atom is -0.208 e. The van der Waals surface area contributed by atoms with Gasteiger partial charge in [0.25, 0.3) is 0 Å². The highest BCUT2D eigenvalue weighted by atomic mass is 15.0. The predicted octanol–water partition coefficient (Wildman–Crippen LogP) is 15.0. The molecule has 0 aliphatic carbocycles. The van der Waals surface area contributed by atoms with Crippen LogP contribution in [-0.2, 0) is 0 Å². The third-order valence-corrected chi connectivity index (χ3v) is 11.5. The van der Waals surface area contributed by atoms with Crippen LogP contribution in [0.15, 0.2) is 224 Å². The van der Waals surface area contributed by atoms with Crippen LogP contribution < -0.4 is 0 Å². The minimum atomic E-state index is 0.625. The zero-order valence-corrected chi connectivity index (χ0v) is 32.7. The van der Waals surface area contributed by atoms with Crippen molar-refractivity contribution in [1.82, 2.24) is 15.0 Å². The maximum atomic E-state index is 5.24. The Morgan fingerprint density at radius 3 is 1.32 bits per heavy atom. The maximum Gasteiger partial charge on any atom is 0.164 e. The number of hydrogen-bond acceptors (Lipinski definition) is 3. The van der Waals surface area contributed by atoms with Gasteiger partial charge in [-0.15, -0.1) is 0 Å². The van der Waals surface area contributed by atoms with Crippen LogP contribution in [0, 0.1) is 0 Å². The lowest BCUT2D eigenvalue weighted by Crippen LogP contribution is -2.00. The second-order valence-corrected chi connectivity index (χ2v) is 15.2. The monoisotopic (exact) mass is 763 g/mol. The van der Waals surface area contributed by atoms with Gasteiger partial charge in [0, 0.05) is 16.7 Å². The van der Waals surface area contributed by atoms with E-state index in [1.54, 1.807) is 0 Å². The van der Waals surface area contributed by atoms with E-state index in [0.717, 1.165) is 55.1 Å². The average molecular weight is 764 g/mol. The van der Waals surface area contributed by atoms with Gasteiger partial charge in [-0.25, -0.2) is 15.0 Å². The smallest absolute Gasteiger partial charge is 0.164 e. The van der Waals surface area contributed by atoms with Crippen molar-refractivity contribution in [1.29, 1.82) is 0 Å². The molecule has 0 fully saturated rings. The van der Waals surface area contributed by atoms with E-state index in [9.17, 15) is 0 Å². The average Bonchev–Trinajstić information content (AvgIpc) is 3.33. The molecular weight excluding hydrogens is 727 g/mol. The first kappa shape index (κ1) is 35.2. The van der Waals surface area contributed by atoms with Crippen LogP contribution in [0.25, 0.3) is 111 Å². The standard InChI is InChI=1S/C57H37N3/c1-3-13-38(14-4-1)40-25-28-43(29-26-40)49-24-12-19-42-30-32-48(37-54(42)49)57-59-55(58-56(60-57)47-31-27-39-15-7-8-18-44(39)35-47)46-21-11-20-45(36-46)51-34-33-50(41-16-5-2-6-17-41)52-22-9-10-23-53(51)52/h1-37H. The number of benzene rings is 10. The Kier molecular flexibility index (Phi) is 8.83. The first-order chi connectivity index (χ1) is 29.7.